The molecule has 0 aromatic heterocycles. The van der Waals surface area contributed by atoms with E-state index in [1.807, 2.05) is 6.08 Å². The molecule has 0 saturated carbocycles. The van der Waals surface area contributed by atoms with Gasteiger partial charge in [0.05, 0.1) is 6.54 Å². The smallest absolute Gasteiger partial charge is 0.103 e. The van der Waals surface area contributed by atoms with Gasteiger partial charge in [0.15, 0.2) is 0 Å². The van der Waals surface area contributed by atoms with Gasteiger partial charge in [-0.1, -0.05) is 17.7 Å². The molecule has 0 unspecified atom stereocenters. The summed E-state index contributed by atoms with van der Waals surface area (Å²) >= 11 is 0. The predicted molar refractivity (Wildman–Crippen MR) is 69.5 cm³/mol. The van der Waals surface area contributed by atoms with Gasteiger partial charge in [-0.05, 0) is 27.7 Å². The maximum Gasteiger partial charge on any atom is 0.103 e. The topological polar surface area (TPSA) is 15.6 Å². The predicted octanol–water partition coefficient (Wildman–Crippen LogP) is 3.27. The van der Waals surface area contributed by atoms with Crippen LogP contribution >= 0.6 is 0 Å². The lowest BCUT2D eigenvalue weighted by molar-refractivity contribution is 0.457. The van der Waals surface area contributed by atoms with Gasteiger partial charge in [-0.15, -0.1) is 6.58 Å². The van der Waals surface area contributed by atoms with Crippen molar-refractivity contribution >= 4 is 5.84 Å². The van der Waals surface area contributed by atoms with E-state index in [9.17, 15) is 0 Å². The van der Waals surface area contributed by atoms with E-state index < -0.39 is 0 Å². The molecule has 0 aliphatic rings. The van der Waals surface area contributed by atoms with Crippen LogP contribution < -0.4 is 0 Å². The van der Waals surface area contributed by atoms with Crippen molar-refractivity contribution in [2.24, 2.45) is 4.99 Å². The van der Waals surface area contributed by atoms with E-state index >= 15 is 0 Å². The van der Waals surface area contributed by atoms with Crippen LogP contribution in [0.4, 0.5) is 0 Å². The van der Waals surface area contributed by atoms with Crippen LogP contribution in [0.1, 0.15) is 34.1 Å². The standard InChI is InChI=1S/C13H24N2/c1-6-11-14-13(10-9-12(4)5)15(7-2)8-3/h6,9H,1,7-8,10-11H2,2-5H3. The second kappa shape index (κ2) is 8.27. The summed E-state index contributed by atoms with van der Waals surface area (Å²) in [5.74, 6) is 1.17. The Morgan fingerprint density at radius 1 is 1.27 bits per heavy atom. The van der Waals surface area contributed by atoms with Crippen molar-refractivity contribution in [3.8, 4) is 0 Å². The summed E-state index contributed by atoms with van der Waals surface area (Å²) in [5, 5.41) is 0. The van der Waals surface area contributed by atoms with Crippen LogP contribution in [0.3, 0.4) is 0 Å². The molecule has 0 amide bonds. The van der Waals surface area contributed by atoms with Gasteiger partial charge in [0.1, 0.15) is 5.84 Å². The zero-order valence-electron chi connectivity index (χ0n) is 10.6. The van der Waals surface area contributed by atoms with Crippen molar-refractivity contribution < 1.29 is 0 Å². The maximum absolute atomic E-state index is 4.54. The molecule has 86 valence electrons. The SMILES string of the molecule is C=CCN=C(CC=C(C)C)N(CC)CC. The molecule has 0 rings (SSSR count). The highest BCUT2D eigenvalue weighted by molar-refractivity contribution is 5.83. The van der Waals surface area contributed by atoms with E-state index in [-0.39, 0.29) is 0 Å². The first-order valence-electron chi connectivity index (χ1n) is 5.68. The maximum atomic E-state index is 4.54. The summed E-state index contributed by atoms with van der Waals surface area (Å²) in [6.07, 6.45) is 4.99. The Morgan fingerprint density at radius 2 is 1.87 bits per heavy atom. The summed E-state index contributed by atoms with van der Waals surface area (Å²) < 4.78 is 0. The molecule has 0 fully saturated rings. The van der Waals surface area contributed by atoms with Gasteiger partial charge in [-0.2, -0.15) is 0 Å². The van der Waals surface area contributed by atoms with Crippen LogP contribution in [-0.2, 0) is 0 Å². The Balaban J connectivity index is 4.55. The van der Waals surface area contributed by atoms with Crippen molar-refractivity contribution in [2.45, 2.75) is 34.1 Å². The number of amidine groups is 1. The first-order valence-corrected chi connectivity index (χ1v) is 5.68. The van der Waals surface area contributed by atoms with Gasteiger partial charge in [0.2, 0.25) is 0 Å². The highest BCUT2D eigenvalue weighted by Gasteiger charge is 2.04. The number of rotatable bonds is 6. The Labute approximate surface area is 94.4 Å². The monoisotopic (exact) mass is 208 g/mol. The molecule has 0 radical (unpaired) electrons. The van der Waals surface area contributed by atoms with Gasteiger partial charge in [-0.25, -0.2) is 0 Å². The van der Waals surface area contributed by atoms with Gasteiger partial charge in [0.25, 0.3) is 0 Å². The minimum absolute atomic E-state index is 0.711. The molecule has 0 atom stereocenters. The molecule has 0 spiro atoms. The van der Waals surface area contributed by atoms with Crippen molar-refractivity contribution in [1.82, 2.24) is 4.90 Å². The molecule has 0 N–H and O–H groups in total. The molecule has 0 aromatic rings. The van der Waals surface area contributed by atoms with Gasteiger partial charge < -0.3 is 4.90 Å². The lowest BCUT2D eigenvalue weighted by Gasteiger charge is -2.22. The highest BCUT2D eigenvalue weighted by Crippen LogP contribution is 2.01. The highest BCUT2D eigenvalue weighted by atomic mass is 15.2. The molecule has 0 aliphatic heterocycles. The minimum Gasteiger partial charge on any atom is -0.361 e. The molecular formula is C13H24N2. The Kier molecular flexibility index (Phi) is 7.69. The number of allylic oxidation sites excluding steroid dienone is 1. The normalized spacial score (nSPS) is 11.1. The molecule has 0 aliphatic carbocycles. The van der Waals surface area contributed by atoms with E-state index in [0.717, 1.165) is 19.5 Å². The van der Waals surface area contributed by atoms with E-state index in [2.05, 4.69) is 50.2 Å². The molecule has 0 aromatic carbocycles. The Morgan fingerprint density at radius 3 is 2.27 bits per heavy atom. The Hall–Kier alpha value is -1.05. The lowest BCUT2D eigenvalue weighted by atomic mass is 10.2. The van der Waals surface area contributed by atoms with Gasteiger partial charge >= 0.3 is 0 Å². The van der Waals surface area contributed by atoms with Gasteiger partial charge in [0, 0.05) is 19.5 Å². The van der Waals surface area contributed by atoms with Gasteiger partial charge in [-0.3, -0.25) is 4.99 Å². The summed E-state index contributed by atoms with van der Waals surface area (Å²) in [4.78, 5) is 6.83. The summed E-state index contributed by atoms with van der Waals surface area (Å²) in [6, 6.07) is 0. The number of hydrogen-bond donors (Lipinski definition) is 0. The van der Waals surface area contributed by atoms with Crippen LogP contribution in [0.15, 0.2) is 29.3 Å². The van der Waals surface area contributed by atoms with E-state index in [0.29, 0.717) is 6.54 Å². The molecular weight excluding hydrogens is 184 g/mol. The fourth-order valence-corrected chi connectivity index (χ4v) is 1.35. The van der Waals surface area contributed by atoms with E-state index in [1.165, 1.54) is 11.4 Å². The zero-order valence-corrected chi connectivity index (χ0v) is 10.6. The van der Waals surface area contributed by atoms with Crippen LogP contribution in [0.5, 0.6) is 0 Å². The molecule has 15 heavy (non-hydrogen) atoms. The third-order valence-electron chi connectivity index (χ3n) is 2.22. The number of hydrogen-bond acceptors (Lipinski definition) is 1. The number of aliphatic imine (C=N–C) groups is 1. The van der Waals surface area contributed by atoms with E-state index in [4.69, 9.17) is 0 Å². The Bertz CT molecular complexity index is 231. The first kappa shape index (κ1) is 13.9. The number of nitrogens with zero attached hydrogens (tertiary/aromatic N) is 2. The fourth-order valence-electron chi connectivity index (χ4n) is 1.35. The largest absolute Gasteiger partial charge is 0.361 e. The first-order chi connectivity index (χ1) is 7.15. The van der Waals surface area contributed by atoms with Crippen molar-refractivity contribution in [3.05, 3.63) is 24.3 Å². The minimum atomic E-state index is 0.711. The van der Waals surface area contributed by atoms with Crippen LogP contribution in [0, 0.1) is 0 Å². The van der Waals surface area contributed by atoms with Crippen molar-refractivity contribution in [3.63, 3.8) is 0 Å². The van der Waals surface area contributed by atoms with Crippen LogP contribution in [0.2, 0.25) is 0 Å². The third-order valence-corrected chi connectivity index (χ3v) is 2.22. The molecule has 0 heterocycles. The second-order valence-electron chi connectivity index (χ2n) is 3.70. The van der Waals surface area contributed by atoms with Crippen LogP contribution in [-0.4, -0.2) is 30.4 Å². The van der Waals surface area contributed by atoms with Crippen LogP contribution in [0.25, 0.3) is 0 Å². The molecule has 0 saturated heterocycles. The average Bonchev–Trinajstić information content (AvgIpc) is 2.22. The molecule has 2 heteroatoms. The zero-order chi connectivity index (χ0) is 11.7. The molecule has 0 bridgehead atoms. The summed E-state index contributed by atoms with van der Waals surface area (Å²) in [7, 11) is 0. The summed E-state index contributed by atoms with van der Waals surface area (Å²) in [5.41, 5.74) is 1.34. The third kappa shape index (κ3) is 6.10. The quantitative estimate of drug-likeness (QED) is 0.371. The van der Waals surface area contributed by atoms with Crippen molar-refractivity contribution in [2.75, 3.05) is 19.6 Å². The molecule has 2 nitrogen and oxygen atoms in total. The van der Waals surface area contributed by atoms with Crippen molar-refractivity contribution in [1.29, 1.82) is 0 Å². The lowest BCUT2D eigenvalue weighted by Crippen LogP contribution is -2.30. The average molecular weight is 208 g/mol. The van der Waals surface area contributed by atoms with E-state index in [1.54, 1.807) is 0 Å². The summed E-state index contributed by atoms with van der Waals surface area (Å²) in [6.45, 7) is 15.0. The fraction of sp³-hybridized carbons (Fsp3) is 0.615. The second-order valence-corrected chi connectivity index (χ2v) is 3.70.